The van der Waals surface area contributed by atoms with Crippen LogP contribution in [0.25, 0.3) is 11.3 Å². The Morgan fingerprint density at radius 2 is 1.73 bits per heavy atom. The largest absolute Gasteiger partial charge is 0.497 e. The lowest BCUT2D eigenvalue weighted by atomic mass is 10.1. The van der Waals surface area contributed by atoms with E-state index in [1.165, 1.54) is 6.20 Å². The van der Waals surface area contributed by atoms with Crippen LogP contribution >= 0.6 is 0 Å². The van der Waals surface area contributed by atoms with Crippen LogP contribution in [-0.4, -0.2) is 35.0 Å². The smallest absolute Gasteiger partial charge is 0.269 e. The molecule has 0 spiro atoms. The zero-order valence-corrected chi connectivity index (χ0v) is 18.1. The highest BCUT2D eigenvalue weighted by molar-refractivity contribution is 5.92. The van der Waals surface area contributed by atoms with Gasteiger partial charge < -0.3 is 25.8 Å². The van der Waals surface area contributed by atoms with Gasteiger partial charge in [-0.3, -0.25) is 9.78 Å². The molecule has 2 heterocycles. The number of methoxy groups -OCH3 is 1. The number of ether oxygens (including phenoxy) is 2. The summed E-state index contributed by atoms with van der Waals surface area (Å²) in [7, 11) is 3.17. The molecule has 166 valence electrons. The molecule has 0 aliphatic carbocycles. The fourth-order valence-corrected chi connectivity index (χ4v) is 3.09. The quantitative estimate of drug-likeness (QED) is 0.392. The zero-order chi connectivity index (χ0) is 23.2. The molecule has 4 rings (SSSR count). The average Bonchev–Trinajstić information content (AvgIpc) is 2.83. The summed E-state index contributed by atoms with van der Waals surface area (Å²) in [5, 5.41) is 5.77. The fourth-order valence-electron chi connectivity index (χ4n) is 3.09. The monoisotopic (exact) mass is 442 g/mol. The van der Waals surface area contributed by atoms with E-state index >= 15 is 0 Å². The highest BCUT2D eigenvalue weighted by Gasteiger charge is 2.09. The van der Waals surface area contributed by atoms with Crippen molar-refractivity contribution >= 4 is 23.4 Å². The van der Waals surface area contributed by atoms with Gasteiger partial charge >= 0.3 is 0 Å². The van der Waals surface area contributed by atoms with E-state index in [2.05, 4.69) is 25.6 Å². The number of nitrogens with zero attached hydrogens (tertiary/aromatic N) is 3. The lowest BCUT2D eigenvalue weighted by Gasteiger charge is -2.11. The molecular weight excluding hydrogens is 420 g/mol. The first-order valence-electron chi connectivity index (χ1n) is 10.1. The molecule has 0 aliphatic heterocycles. The second-order valence-electron chi connectivity index (χ2n) is 6.94. The molecule has 4 aromatic rings. The third-order valence-corrected chi connectivity index (χ3v) is 4.66. The number of anilines is 3. The van der Waals surface area contributed by atoms with E-state index in [9.17, 15) is 4.79 Å². The SMILES string of the molecule is CNC(=O)c1cc(Oc2cccc(Nc3cc(-c4ccc(OC)cc4)nc(N)n3)c2)ccn1. The van der Waals surface area contributed by atoms with Crippen molar-refractivity contribution in [3.05, 3.63) is 78.6 Å². The molecule has 4 N–H and O–H groups in total. The normalized spacial score (nSPS) is 10.4. The van der Waals surface area contributed by atoms with Crippen LogP contribution < -0.4 is 25.8 Å². The third-order valence-electron chi connectivity index (χ3n) is 4.66. The molecule has 0 saturated heterocycles. The molecule has 2 aromatic carbocycles. The highest BCUT2D eigenvalue weighted by Crippen LogP contribution is 2.28. The minimum atomic E-state index is -0.287. The van der Waals surface area contributed by atoms with Gasteiger partial charge in [0.25, 0.3) is 5.91 Å². The lowest BCUT2D eigenvalue weighted by Crippen LogP contribution is -2.18. The molecule has 0 bridgehead atoms. The van der Waals surface area contributed by atoms with Gasteiger partial charge in [0.1, 0.15) is 28.8 Å². The fraction of sp³-hybridized carbons (Fsp3) is 0.0833. The van der Waals surface area contributed by atoms with Crippen LogP contribution in [0, 0.1) is 0 Å². The predicted molar refractivity (Wildman–Crippen MR) is 126 cm³/mol. The third kappa shape index (κ3) is 5.34. The van der Waals surface area contributed by atoms with Crippen molar-refractivity contribution < 1.29 is 14.3 Å². The first-order chi connectivity index (χ1) is 16.0. The molecule has 2 aromatic heterocycles. The number of carbonyl (C=O) groups is 1. The van der Waals surface area contributed by atoms with Crippen LogP contribution in [0.5, 0.6) is 17.2 Å². The molecule has 0 fully saturated rings. The topological polar surface area (TPSA) is 124 Å². The Balaban J connectivity index is 1.54. The number of rotatable bonds is 7. The van der Waals surface area contributed by atoms with Crippen molar-refractivity contribution in [2.75, 3.05) is 25.2 Å². The Morgan fingerprint density at radius 1 is 0.939 bits per heavy atom. The number of benzene rings is 2. The van der Waals surface area contributed by atoms with Crippen LogP contribution in [0.2, 0.25) is 0 Å². The Labute approximate surface area is 190 Å². The van der Waals surface area contributed by atoms with Gasteiger partial charge in [-0.1, -0.05) is 6.07 Å². The number of nitrogen functional groups attached to an aromatic ring is 1. The molecule has 33 heavy (non-hydrogen) atoms. The number of hydrogen-bond donors (Lipinski definition) is 3. The van der Waals surface area contributed by atoms with E-state index in [1.807, 2.05) is 54.6 Å². The Bertz CT molecular complexity index is 1280. The first-order valence-corrected chi connectivity index (χ1v) is 10.1. The Morgan fingerprint density at radius 3 is 2.48 bits per heavy atom. The summed E-state index contributed by atoms with van der Waals surface area (Å²) in [5.41, 5.74) is 8.51. The van der Waals surface area contributed by atoms with Crippen molar-refractivity contribution in [2.24, 2.45) is 0 Å². The average molecular weight is 442 g/mol. The van der Waals surface area contributed by atoms with Gasteiger partial charge in [0.15, 0.2) is 0 Å². The van der Waals surface area contributed by atoms with E-state index in [4.69, 9.17) is 15.2 Å². The van der Waals surface area contributed by atoms with Crippen molar-refractivity contribution in [2.45, 2.75) is 0 Å². The van der Waals surface area contributed by atoms with Crippen molar-refractivity contribution in [1.29, 1.82) is 0 Å². The second kappa shape index (κ2) is 9.65. The first kappa shape index (κ1) is 21.6. The number of pyridine rings is 1. The summed E-state index contributed by atoms with van der Waals surface area (Å²) >= 11 is 0. The summed E-state index contributed by atoms with van der Waals surface area (Å²) in [6.45, 7) is 0. The standard InChI is InChI=1S/C24H22N6O3/c1-26-23(31)21-13-19(10-11-27-21)33-18-5-3-4-16(12-18)28-22-14-20(29-24(25)30-22)15-6-8-17(32-2)9-7-15/h3-14H,1-2H3,(H,26,31)(H3,25,28,29,30). The van der Waals surface area contributed by atoms with Crippen molar-refractivity contribution in [3.8, 4) is 28.5 Å². The van der Waals surface area contributed by atoms with Gasteiger partial charge in [-0.2, -0.15) is 4.98 Å². The van der Waals surface area contributed by atoms with Crippen LogP contribution in [0.4, 0.5) is 17.5 Å². The van der Waals surface area contributed by atoms with E-state index < -0.39 is 0 Å². The summed E-state index contributed by atoms with van der Waals surface area (Å²) in [6.07, 6.45) is 1.52. The summed E-state index contributed by atoms with van der Waals surface area (Å²) in [5.74, 6) is 2.23. The number of nitrogens with one attached hydrogen (secondary N) is 2. The number of hydrogen-bond acceptors (Lipinski definition) is 8. The minimum absolute atomic E-state index is 0.150. The predicted octanol–water partition coefficient (Wildman–Crippen LogP) is 4.02. The van der Waals surface area contributed by atoms with E-state index in [0.29, 0.717) is 23.0 Å². The van der Waals surface area contributed by atoms with Crippen molar-refractivity contribution in [1.82, 2.24) is 20.3 Å². The van der Waals surface area contributed by atoms with Gasteiger partial charge in [0.2, 0.25) is 5.95 Å². The number of nitrogens with two attached hydrogens (primary N) is 1. The van der Waals surface area contributed by atoms with E-state index in [-0.39, 0.29) is 17.5 Å². The minimum Gasteiger partial charge on any atom is -0.497 e. The van der Waals surface area contributed by atoms with Crippen LogP contribution in [-0.2, 0) is 0 Å². The maximum Gasteiger partial charge on any atom is 0.269 e. The zero-order valence-electron chi connectivity index (χ0n) is 18.1. The lowest BCUT2D eigenvalue weighted by molar-refractivity contribution is 0.0958. The number of aromatic nitrogens is 3. The number of amides is 1. The Kier molecular flexibility index (Phi) is 6.31. The maximum atomic E-state index is 11.8. The molecule has 0 unspecified atom stereocenters. The summed E-state index contributed by atoms with van der Waals surface area (Å²) in [6, 6.07) is 19.9. The molecule has 0 saturated carbocycles. The Hall–Kier alpha value is -4.66. The second-order valence-corrected chi connectivity index (χ2v) is 6.94. The highest BCUT2D eigenvalue weighted by atomic mass is 16.5. The van der Waals surface area contributed by atoms with Gasteiger partial charge in [0, 0.05) is 42.7 Å². The summed E-state index contributed by atoms with van der Waals surface area (Å²) < 4.78 is 11.1. The molecular formula is C24H22N6O3. The van der Waals surface area contributed by atoms with Crippen LogP contribution in [0.3, 0.4) is 0 Å². The number of carbonyl (C=O) groups excluding carboxylic acids is 1. The maximum absolute atomic E-state index is 11.8. The van der Waals surface area contributed by atoms with Crippen LogP contribution in [0.15, 0.2) is 72.9 Å². The van der Waals surface area contributed by atoms with Gasteiger partial charge in [-0.05, 0) is 42.5 Å². The van der Waals surface area contributed by atoms with Gasteiger partial charge in [-0.15, -0.1) is 0 Å². The van der Waals surface area contributed by atoms with Crippen molar-refractivity contribution in [3.63, 3.8) is 0 Å². The molecule has 9 heteroatoms. The van der Waals surface area contributed by atoms with Gasteiger partial charge in [-0.25, -0.2) is 4.98 Å². The molecule has 9 nitrogen and oxygen atoms in total. The molecule has 0 atom stereocenters. The van der Waals surface area contributed by atoms with E-state index in [0.717, 1.165) is 17.0 Å². The summed E-state index contributed by atoms with van der Waals surface area (Å²) in [4.78, 5) is 24.4. The van der Waals surface area contributed by atoms with Gasteiger partial charge in [0.05, 0.1) is 12.8 Å². The van der Waals surface area contributed by atoms with Crippen LogP contribution in [0.1, 0.15) is 10.5 Å². The molecule has 1 amide bonds. The molecule has 0 radical (unpaired) electrons. The molecule has 0 aliphatic rings. The van der Waals surface area contributed by atoms with E-state index in [1.54, 1.807) is 26.3 Å².